The largest absolute Gasteiger partial charge is 0.444 e. The highest BCUT2D eigenvalue weighted by molar-refractivity contribution is 9.10. The maximum atomic E-state index is 11.9. The van der Waals surface area contributed by atoms with E-state index in [4.69, 9.17) is 11.2 Å². The van der Waals surface area contributed by atoms with Crippen molar-refractivity contribution in [1.82, 2.24) is 0 Å². The molecule has 0 saturated heterocycles. The van der Waals surface area contributed by atoms with Gasteiger partial charge in [0.1, 0.15) is 0 Å². The minimum atomic E-state index is -0.602. The molecule has 0 fully saturated rings. The highest BCUT2D eigenvalue weighted by Gasteiger charge is 2.14. The second kappa shape index (κ2) is 11.3. The van der Waals surface area contributed by atoms with Gasteiger partial charge in [0.05, 0.1) is 0 Å². The average molecular weight is 365 g/mol. The van der Waals surface area contributed by atoms with Gasteiger partial charge in [0.25, 0.3) is 0 Å². The molecule has 0 aliphatic heterocycles. The summed E-state index contributed by atoms with van der Waals surface area (Å²) in [5.41, 5.74) is 0.824. The average Bonchev–Trinajstić information content (AvgIpc) is 2.51. The fourth-order valence-electron chi connectivity index (χ4n) is 2.28. The van der Waals surface area contributed by atoms with Crippen LogP contribution in [-0.4, -0.2) is 5.97 Å². The molecule has 1 rings (SSSR count). The van der Waals surface area contributed by atoms with E-state index in [1.807, 2.05) is 24.3 Å². The second-order valence-electron chi connectivity index (χ2n) is 5.46. The van der Waals surface area contributed by atoms with Crippen molar-refractivity contribution in [2.75, 3.05) is 0 Å². The molecular formula is C19H25BrO2. The molecule has 0 aliphatic rings. The van der Waals surface area contributed by atoms with Crippen molar-refractivity contribution in [3.63, 3.8) is 0 Å². The second-order valence-corrected chi connectivity index (χ2v) is 6.38. The number of halogens is 1. The van der Waals surface area contributed by atoms with E-state index in [1.54, 1.807) is 0 Å². The lowest BCUT2D eigenvalue weighted by atomic mass is 10.1. The molecule has 1 unspecified atom stereocenters. The van der Waals surface area contributed by atoms with Gasteiger partial charge < -0.3 is 4.74 Å². The van der Waals surface area contributed by atoms with Crippen molar-refractivity contribution in [3.8, 4) is 12.3 Å². The summed E-state index contributed by atoms with van der Waals surface area (Å²) in [5.74, 6) is 2.33. The van der Waals surface area contributed by atoms with Crippen LogP contribution in [0.4, 0.5) is 0 Å². The molecule has 0 amide bonds. The van der Waals surface area contributed by atoms with Gasteiger partial charge in [-0.3, -0.25) is 4.79 Å². The van der Waals surface area contributed by atoms with Gasteiger partial charge in [-0.05, 0) is 18.6 Å². The van der Waals surface area contributed by atoms with E-state index in [9.17, 15) is 4.79 Å². The molecule has 0 aliphatic carbocycles. The van der Waals surface area contributed by atoms with Crippen LogP contribution >= 0.6 is 15.9 Å². The summed E-state index contributed by atoms with van der Waals surface area (Å²) in [4.78, 5) is 11.9. The Kier molecular flexibility index (Phi) is 9.66. The Balaban J connectivity index is 2.27. The van der Waals surface area contributed by atoms with Crippen LogP contribution in [0.3, 0.4) is 0 Å². The van der Waals surface area contributed by atoms with Crippen LogP contribution in [-0.2, 0) is 9.53 Å². The molecule has 1 atom stereocenters. The molecule has 1 aromatic carbocycles. The van der Waals surface area contributed by atoms with Crippen molar-refractivity contribution >= 4 is 21.9 Å². The van der Waals surface area contributed by atoms with Gasteiger partial charge in [0.15, 0.2) is 6.10 Å². The zero-order valence-electron chi connectivity index (χ0n) is 13.3. The minimum Gasteiger partial charge on any atom is -0.444 e. The molecule has 1 aromatic rings. The van der Waals surface area contributed by atoms with E-state index in [1.165, 1.54) is 32.1 Å². The van der Waals surface area contributed by atoms with E-state index in [0.29, 0.717) is 6.42 Å². The monoisotopic (exact) mass is 364 g/mol. The van der Waals surface area contributed by atoms with Crippen LogP contribution in [0.1, 0.15) is 70.0 Å². The molecule has 22 heavy (non-hydrogen) atoms. The van der Waals surface area contributed by atoms with E-state index < -0.39 is 6.10 Å². The van der Waals surface area contributed by atoms with Crippen LogP contribution in [0.2, 0.25) is 0 Å². The molecule has 0 radical (unpaired) electrons. The molecule has 2 nitrogen and oxygen atoms in total. The Morgan fingerprint density at radius 1 is 1.23 bits per heavy atom. The number of carbonyl (C=O) groups is 1. The maximum absolute atomic E-state index is 11.9. The number of terminal acetylenes is 1. The molecule has 0 aromatic heterocycles. The number of ether oxygens (including phenoxy) is 1. The first-order valence-corrected chi connectivity index (χ1v) is 8.87. The summed E-state index contributed by atoms with van der Waals surface area (Å²) in [6.45, 7) is 2.21. The topological polar surface area (TPSA) is 26.3 Å². The first-order chi connectivity index (χ1) is 10.7. The lowest BCUT2D eigenvalue weighted by Gasteiger charge is -2.13. The van der Waals surface area contributed by atoms with Gasteiger partial charge in [0.2, 0.25) is 0 Å². The van der Waals surface area contributed by atoms with E-state index in [2.05, 4.69) is 28.8 Å². The number of unbranched alkanes of at least 4 members (excludes halogenated alkanes) is 6. The van der Waals surface area contributed by atoms with Gasteiger partial charge >= 0.3 is 5.97 Å². The highest BCUT2D eigenvalue weighted by atomic mass is 79.9. The third kappa shape index (κ3) is 7.66. The Hall–Kier alpha value is -1.27. The third-order valence-corrected chi connectivity index (χ3v) is 4.03. The van der Waals surface area contributed by atoms with E-state index >= 15 is 0 Å². The Bertz CT molecular complexity index is 490. The van der Waals surface area contributed by atoms with Crippen molar-refractivity contribution < 1.29 is 9.53 Å². The van der Waals surface area contributed by atoms with E-state index in [-0.39, 0.29) is 5.97 Å². The summed E-state index contributed by atoms with van der Waals surface area (Å²) >= 11 is 3.39. The maximum Gasteiger partial charge on any atom is 0.307 e. The van der Waals surface area contributed by atoms with Crippen molar-refractivity contribution in [3.05, 3.63) is 34.3 Å². The van der Waals surface area contributed by atoms with Gasteiger partial charge in [-0.2, -0.15) is 0 Å². The molecular weight excluding hydrogens is 340 g/mol. The van der Waals surface area contributed by atoms with Crippen LogP contribution in [0, 0.1) is 12.3 Å². The normalized spacial score (nSPS) is 11.7. The Morgan fingerprint density at radius 2 is 1.91 bits per heavy atom. The van der Waals surface area contributed by atoms with E-state index in [0.717, 1.165) is 22.9 Å². The predicted molar refractivity (Wildman–Crippen MR) is 94.4 cm³/mol. The van der Waals surface area contributed by atoms with Crippen molar-refractivity contribution in [1.29, 1.82) is 0 Å². The molecule has 0 bridgehead atoms. The number of rotatable bonds is 10. The van der Waals surface area contributed by atoms with Crippen LogP contribution in [0.5, 0.6) is 0 Å². The number of carbonyl (C=O) groups excluding carboxylic acids is 1. The predicted octanol–water partition coefficient (Wildman–Crippen LogP) is 5.81. The van der Waals surface area contributed by atoms with Gasteiger partial charge in [-0.1, -0.05) is 79.4 Å². The van der Waals surface area contributed by atoms with Gasteiger partial charge in [-0.15, -0.1) is 6.42 Å². The smallest absolute Gasteiger partial charge is 0.307 e. The molecule has 0 heterocycles. The summed E-state index contributed by atoms with van der Waals surface area (Å²) in [6.07, 6.45) is 13.6. The first kappa shape index (κ1) is 18.8. The van der Waals surface area contributed by atoms with Crippen LogP contribution in [0.15, 0.2) is 28.7 Å². The zero-order chi connectivity index (χ0) is 16.2. The molecule has 0 spiro atoms. The zero-order valence-corrected chi connectivity index (χ0v) is 14.9. The van der Waals surface area contributed by atoms with Crippen molar-refractivity contribution in [2.24, 2.45) is 0 Å². The lowest BCUT2D eigenvalue weighted by Crippen LogP contribution is -2.09. The minimum absolute atomic E-state index is 0.212. The third-order valence-electron chi connectivity index (χ3n) is 3.54. The van der Waals surface area contributed by atoms with Crippen molar-refractivity contribution in [2.45, 2.75) is 64.4 Å². The first-order valence-electron chi connectivity index (χ1n) is 8.08. The fraction of sp³-hybridized carbons (Fsp3) is 0.526. The molecule has 0 saturated carbocycles. The Labute approximate surface area is 142 Å². The van der Waals surface area contributed by atoms with Gasteiger partial charge in [0, 0.05) is 16.5 Å². The number of benzene rings is 1. The molecule has 3 heteroatoms. The molecule has 0 N–H and O–H groups in total. The Morgan fingerprint density at radius 3 is 2.55 bits per heavy atom. The summed E-state index contributed by atoms with van der Waals surface area (Å²) in [5, 5.41) is 0. The molecule has 120 valence electrons. The summed E-state index contributed by atoms with van der Waals surface area (Å²) in [6, 6.07) is 7.55. The van der Waals surface area contributed by atoms with Gasteiger partial charge in [-0.25, -0.2) is 0 Å². The quantitative estimate of drug-likeness (QED) is 0.297. The number of hydrogen-bond donors (Lipinski definition) is 0. The summed E-state index contributed by atoms with van der Waals surface area (Å²) in [7, 11) is 0. The SMILES string of the molecule is C#CC(OC(=O)CCCCCCCCC)c1cccc(Br)c1. The standard InChI is InChI=1S/C19H25BrO2/c1-3-5-6-7-8-9-10-14-19(21)22-18(4-2)16-12-11-13-17(20)15-16/h2,11-13,15,18H,3,5-10,14H2,1H3. The van der Waals surface area contributed by atoms with Crippen LogP contribution in [0.25, 0.3) is 0 Å². The number of esters is 1. The number of hydrogen-bond acceptors (Lipinski definition) is 2. The summed E-state index contributed by atoms with van der Waals surface area (Å²) < 4.78 is 6.31. The van der Waals surface area contributed by atoms with Crippen LogP contribution < -0.4 is 0 Å². The fourth-order valence-corrected chi connectivity index (χ4v) is 2.70. The lowest BCUT2D eigenvalue weighted by molar-refractivity contribution is -0.146. The highest BCUT2D eigenvalue weighted by Crippen LogP contribution is 2.21.